The quantitative estimate of drug-likeness (QED) is 0.729. The molecule has 2 atom stereocenters. The lowest BCUT2D eigenvalue weighted by atomic mass is 9.86. The summed E-state index contributed by atoms with van der Waals surface area (Å²) in [7, 11) is 2.18. The van der Waals surface area contributed by atoms with E-state index >= 15 is 0 Å². The molecule has 28 heavy (non-hydrogen) atoms. The number of rotatable bonds is 8. The van der Waals surface area contributed by atoms with Crippen LogP contribution in [-0.2, 0) is 16.1 Å². The molecule has 3 rings (SSSR count). The Hall–Kier alpha value is -1.47. The third kappa shape index (κ3) is 6.01. The highest BCUT2D eigenvalue weighted by Gasteiger charge is 2.35. The molecule has 1 amide bonds. The average Bonchev–Trinajstić information content (AvgIpc) is 2.73. The van der Waals surface area contributed by atoms with Crippen molar-refractivity contribution in [3.05, 3.63) is 35.9 Å². The second-order valence-electron chi connectivity index (χ2n) is 8.14. The van der Waals surface area contributed by atoms with E-state index in [0.29, 0.717) is 18.6 Å². The smallest absolute Gasteiger partial charge is 0.248 e. The fourth-order valence-electron chi connectivity index (χ4n) is 4.44. The van der Waals surface area contributed by atoms with Gasteiger partial charge in [0.05, 0.1) is 6.61 Å². The molecule has 6 heteroatoms. The number of piperazine rings is 1. The van der Waals surface area contributed by atoms with E-state index in [9.17, 15) is 9.90 Å². The van der Waals surface area contributed by atoms with Gasteiger partial charge < -0.3 is 19.6 Å². The second-order valence-corrected chi connectivity index (χ2v) is 8.14. The van der Waals surface area contributed by atoms with E-state index in [1.54, 1.807) is 0 Å². The van der Waals surface area contributed by atoms with Gasteiger partial charge in [0.2, 0.25) is 5.91 Å². The molecular formula is C22H35N3O3. The number of nitrogens with zero attached hydrogens (tertiary/aromatic N) is 3. The minimum absolute atomic E-state index is 0.0850. The van der Waals surface area contributed by atoms with Crippen LogP contribution < -0.4 is 0 Å². The van der Waals surface area contributed by atoms with E-state index < -0.39 is 0 Å². The number of hydrogen-bond donors (Lipinski definition) is 1. The van der Waals surface area contributed by atoms with Crippen molar-refractivity contribution in [1.29, 1.82) is 0 Å². The number of ether oxygens (including phenoxy) is 1. The van der Waals surface area contributed by atoms with E-state index in [0.717, 1.165) is 64.1 Å². The minimum atomic E-state index is 0.0850. The molecule has 0 bridgehead atoms. The Bertz CT molecular complexity index is 590. The van der Waals surface area contributed by atoms with E-state index in [1.807, 2.05) is 35.2 Å². The predicted molar refractivity (Wildman–Crippen MR) is 110 cm³/mol. The molecule has 1 aromatic carbocycles. The van der Waals surface area contributed by atoms with Crippen LogP contribution in [0.15, 0.2) is 30.3 Å². The van der Waals surface area contributed by atoms with Crippen LogP contribution in [0.2, 0.25) is 0 Å². The number of likely N-dealkylation sites (tertiary alicyclic amines) is 1. The van der Waals surface area contributed by atoms with E-state index in [2.05, 4.69) is 16.8 Å². The summed E-state index contributed by atoms with van der Waals surface area (Å²) in [6.07, 6.45) is 2.80. The lowest BCUT2D eigenvalue weighted by Crippen LogP contribution is -2.57. The summed E-state index contributed by atoms with van der Waals surface area (Å²) in [5, 5.41) is 9.31. The van der Waals surface area contributed by atoms with Crippen LogP contribution in [0.25, 0.3) is 0 Å². The number of aliphatic hydroxyl groups excluding tert-OH is 1. The molecule has 2 fully saturated rings. The summed E-state index contributed by atoms with van der Waals surface area (Å²) < 4.78 is 5.66. The van der Waals surface area contributed by atoms with Gasteiger partial charge in [0.1, 0.15) is 6.61 Å². The lowest BCUT2D eigenvalue weighted by molar-refractivity contribution is -0.139. The van der Waals surface area contributed by atoms with Gasteiger partial charge in [0.15, 0.2) is 0 Å². The maximum Gasteiger partial charge on any atom is 0.248 e. The van der Waals surface area contributed by atoms with Crippen molar-refractivity contribution < 1.29 is 14.6 Å². The summed E-state index contributed by atoms with van der Waals surface area (Å²) in [5.41, 5.74) is 1.09. The zero-order valence-corrected chi connectivity index (χ0v) is 17.1. The van der Waals surface area contributed by atoms with E-state index in [-0.39, 0.29) is 19.1 Å². The summed E-state index contributed by atoms with van der Waals surface area (Å²) >= 11 is 0. The van der Waals surface area contributed by atoms with Gasteiger partial charge in [-0.05, 0) is 37.8 Å². The fraction of sp³-hybridized carbons (Fsp3) is 0.682. The SMILES string of the molecule is CN1CCN([C@H]2CCN(C(=O)COCc3ccccc3)C[C@H]2CCCO)CC1. The van der Waals surface area contributed by atoms with Gasteiger partial charge in [-0.2, -0.15) is 0 Å². The molecule has 0 unspecified atom stereocenters. The Morgan fingerprint density at radius 3 is 2.61 bits per heavy atom. The van der Waals surface area contributed by atoms with Crippen molar-refractivity contribution in [3.63, 3.8) is 0 Å². The summed E-state index contributed by atoms with van der Waals surface area (Å²) in [4.78, 5) is 19.6. The molecule has 2 aliphatic heterocycles. The molecule has 0 aliphatic carbocycles. The molecular weight excluding hydrogens is 354 g/mol. The first kappa shape index (κ1) is 21.2. The summed E-state index contributed by atoms with van der Waals surface area (Å²) in [6, 6.07) is 10.5. The second kappa shape index (κ2) is 10.9. The van der Waals surface area contributed by atoms with Crippen LogP contribution in [0, 0.1) is 5.92 Å². The minimum Gasteiger partial charge on any atom is -0.396 e. The molecule has 1 aromatic rings. The number of benzene rings is 1. The molecule has 1 N–H and O–H groups in total. The van der Waals surface area contributed by atoms with Gasteiger partial charge in [-0.15, -0.1) is 0 Å². The zero-order valence-electron chi connectivity index (χ0n) is 17.1. The normalized spacial score (nSPS) is 24.4. The van der Waals surface area contributed by atoms with E-state index in [4.69, 9.17) is 4.74 Å². The van der Waals surface area contributed by atoms with Gasteiger partial charge in [0, 0.05) is 51.9 Å². The van der Waals surface area contributed by atoms with E-state index in [1.165, 1.54) is 0 Å². The van der Waals surface area contributed by atoms with Gasteiger partial charge in [-0.1, -0.05) is 30.3 Å². The first-order valence-corrected chi connectivity index (χ1v) is 10.6. The molecule has 156 valence electrons. The van der Waals surface area contributed by atoms with Crippen LogP contribution >= 0.6 is 0 Å². The highest BCUT2D eigenvalue weighted by Crippen LogP contribution is 2.27. The topological polar surface area (TPSA) is 56.2 Å². The van der Waals surface area contributed by atoms with Crippen LogP contribution in [0.1, 0.15) is 24.8 Å². The Kier molecular flexibility index (Phi) is 8.27. The number of aliphatic hydroxyl groups is 1. The largest absolute Gasteiger partial charge is 0.396 e. The molecule has 2 aliphatic rings. The Morgan fingerprint density at radius 2 is 1.89 bits per heavy atom. The summed E-state index contributed by atoms with van der Waals surface area (Å²) in [6.45, 7) is 6.85. The van der Waals surface area contributed by atoms with Crippen molar-refractivity contribution in [2.24, 2.45) is 5.92 Å². The van der Waals surface area contributed by atoms with Crippen LogP contribution in [-0.4, -0.2) is 91.3 Å². The van der Waals surface area contributed by atoms with Crippen molar-refractivity contribution in [2.75, 3.05) is 59.5 Å². The zero-order chi connectivity index (χ0) is 19.8. The predicted octanol–water partition coefficient (Wildman–Crippen LogP) is 1.44. The first-order valence-electron chi connectivity index (χ1n) is 10.6. The van der Waals surface area contributed by atoms with Gasteiger partial charge in [-0.25, -0.2) is 0 Å². The number of amides is 1. The molecule has 2 saturated heterocycles. The van der Waals surface area contributed by atoms with Gasteiger partial charge in [0.25, 0.3) is 0 Å². The van der Waals surface area contributed by atoms with Crippen molar-refractivity contribution in [2.45, 2.75) is 31.9 Å². The van der Waals surface area contributed by atoms with Gasteiger partial charge in [-0.3, -0.25) is 9.69 Å². The highest BCUT2D eigenvalue weighted by atomic mass is 16.5. The van der Waals surface area contributed by atoms with Crippen molar-refractivity contribution in [1.82, 2.24) is 14.7 Å². The maximum absolute atomic E-state index is 12.7. The fourth-order valence-corrected chi connectivity index (χ4v) is 4.44. The maximum atomic E-state index is 12.7. The number of piperidine rings is 1. The van der Waals surface area contributed by atoms with Crippen LogP contribution in [0.5, 0.6) is 0 Å². The third-order valence-electron chi connectivity index (χ3n) is 6.12. The molecule has 0 aromatic heterocycles. The van der Waals surface area contributed by atoms with Crippen LogP contribution in [0.4, 0.5) is 0 Å². The highest BCUT2D eigenvalue weighted by molar-refractivity contribution is 5.77. The molecule has 6 nitrogen and oxygen atoms in total. The average molecular weight is 390 g/mol. The van der Waals surface area contributed by atoms with Crippen molar-refractivity contribution >= 4 is 5.91 Å². The number of likely N-dealkylation sites (N-methyl/N-ethyl adjacent to an activating group) is 1. The number of hydrogen-bond acceptors (Lipinski definition) is 5. The Balaban J connectivity index is 1.50. The first-order chi connectivity index (χ1) is 13.7. The van der Waals surface area contributed by atoms with Crippen molar-refractivity contribution in [3.8, 4) is 0 Å². The summed E-state index contributed by atoms with van der Waals surface area (Å²) in [5.74, 6) is 0.518. The third-order valence-corrected chi connectivity index (χ3v) is 6.12. The Morgan fingerprint density at radius 1 is 1.14 bits per heavy atom. The number of carbonyl (C=O) groups is 1. The standard InChI is InChI=1S/C22H35N3O3/c1-23-11-13-24(14-12-23)21-9-10-25(16-20(21)8-5-15-26)22(27)18-28-17-19-6-3-2-4-7-19/h2-4,6-7,20-21,26H,5,8-18H2,1H3/t20-,21+/m1/s1. The molecule has 0 spiro atoms. The lowest BCUT2D eigenvalue weighted by Gasteiger charge is -2.46. The number of carbonyl (C=O) groups excluding carboxylic acids is 1. The Labute approximate surface area is 169 Å². The molecule has 0 radical (unpaired) electrons. The monoisotopic (exact) mass is 389 g/mol. The van der Waals surface area contributed by atoms with Crippen LogP contribution in [0.3, 0.4) is 0 Å². The molecule has 2 heterocycles. The molecule has 0 saturated carbocycles. The van der Waals surface area contributed by atoms with Gasteiger partial charge >= 0.3 is 0 Å².